The first-order valence-corrected chi connectivity index (χ1v) is 5.91. The molecule has 0 radical (unpaired) electrons. The molecular weight excluding hydrogens is 201 g/mol. The van der Waals surface area contributed by atoms with Crippen LogP contribution in [0.25, 0.3) is 0 Å². The Morgan fingerprint density at radius 1 is 1.31 bits per heavy atom. The van der Waals surface area contributed by atoms with Crippen molar-refractivity contribution < 1.29 is 4.39 Å². The minimum Gasteiger partial charge on any atom is -0.382 e. The van der Waals surface area contributed by atoms with E-state index in [1.807, 2.05) is 6.92 Å². The Hall–Kier alpha value is -1.05. The van der Waals surface area contributed by atoms with Gasteiger partial charge in [-0.3, -0.25) is 0 Å². The van der Waals surface area contributed by atoms with Crippen molar-refractivity contribution in [3.8, 4) is 0 Å². The Bertz CT molecular complexity index is 404. The number of nitrogens with one attached hydrogen (secondary N) is 1. The van der Waals surface area contributed by atoms with E-state index in [0.29, 0.717) is 11.6 Å². The van der Waals surface area contributed by atoms with Crippen molar-refractivity contribution in [2.45, 2.75) is 34.1 Å². The summed E-state index contributed by atoms with van der Waals surface area (Å²) in [6.45, 7) is 9.56. The summed E-state index contributed by atoms with van der Waals surface area (Å²) in [6.07, 6.45) is 0.977. The Morgan fingerprint density at radius 2 is 2.00 bits per heavy atom. The molecule has 0 fully saturated rings. The van der Waals surface area contributed by atoms with Crippen LogP contribution < -0.4 is 5.32 Å². The van der Waals surface area contributed by atoms with Gasteiger partial charge in [0.05, 0.1) is 5.69 Å². The zero-order valence-electron chi connectivity index (χ0n) is 10.5. The fourth-order valence-electron chi connectivity index (χ4n) is 2.35. The number of hydrogen-bond donors (Lipinski definition) is 1. The third-order valence-corrected chi connectivity index (χ3v) is 3.53. The van der Waals surface area contributed by atoms with Crippen LogP contribution in [0.2, 0.25) is 0 Å². The molecule has 1 aromatic carbocycles. The van der Waals surface area contributed by atoms with E-state index in [0.717, 1.165) is 24.1 Å². The highest BCUT2D eigenvalue weighted by molar-refractivity contribution is 5.56. The van der Waals surface area contributed by atoms with Crippen LogP contribution in [0.5, 0.6) is 0 Å². The molecule has 0 aromatic heterocycles. The fourth-order valence-corrected chi connectivity index (χ4v) is 2.35. The standard InChI is InChI=1S/C14H20FN/c1-9-5-10-7-11(14(2,3)4)8-16-13(10)12(15)6-9/h5-6,11,16H,7-8H2,1-4H3. The average Bonchev–Trinajstić information content (AvgIpc) is 2.15. The van der Waals surface area contributed by atoms with E-state index >= 15 is 0 Å². The van der Waals surface area contributed by atoms with Crippen molar-refractivity contribution in [1.29, 1.82) is 0 Å². The molecule has 88 valence electrons. The van der Waals surface area contributed by atoms with Gasteiger partial charge in [0.25, 0.3) is 0 Å². The van der Waals surface area contributed by atoms with Gasteiger partial charge in [0.15, 0.2) is 0 Å². The van der Waals surface area contributed by atoms with Crippen molar-refractivity contribution in [1.82, 2.24) is 0 Å². The number of anilines is 1. The molecule has 2 heteroatoms. The maximum Gasteiger partial charge on any atom is 0.146 e. The van der Waals surface area contributed by atoms with Gasteiger partial charge in [0, 0.05) is 6.54 Å². The first-order chi connectivity index (χ1) is 7.38. The summed E-state index contributed by atoms with van der Waals surface area (Å²) < 4.78 is 13.7. The molecule has 1 heterocycles. The lowest BCUT2D eigenvalue weighted by Gasteiger charge is -2.35. The monoisotopic (exact) mass is 221 g/mol. The second kappa shape index (κ2) is 3.76. The molecular formula is C14H20FN. The van der Waals surface area contributed by atoms with E-state index in [9.17, 15) is 4.39 Å². The summed E-state index contributed by atoms with van der Waals surface area (Å²) in [5.41, 5.74) is 3.12. The van der Waals surface area contributed by atoms with E-state index in [4.69, 9.17) is 0 Å². The third-order valence-electron chi connectivity index (χ3n) is 3.53. The van der Waals surface area contributed by atoms with Crippen LogP contribution in [-0.4, -0.2) is 6.54 Å². The highest BCUT2D eigenvalue weighted by Gasteiger charge is 2.29. The first kappa shape index (κ1) is 11.4. The zero-order valence-corrected chi connectivity index (χ0v) is 10.5. The Morgan fingerprint density at radius 3 is 2.62 bits per heavy atom. The van der Waals surface area contributed by atoms with Gasteiger partial charge in [-0.1, -0.05) is 26.8 Å². The van der Waals surface area contributed by atoms with Gasteiger partial charge in [-0.25, -0.2) is 4.39 Å². The molecule has 1 aliphatic rings. The summed E-state index contributed by atoms with van der Waals surface area (Å²) >= 11 is 0. The first-order valence-electron chi connectivity index (χ1n) is 5.91. The molecule has 1 nitrogen and oxygen atoms in total. The summed E-state index contributed by atoms with van der Waals surface area (Å²) in [7, 11) is 0. The topological polar surface area (TPSA) is 12.0 Å². The van der Waals surface area contributed by atoms with Crippen molar-refractivity contribution in [2.75, 3.05) is 11.9 Å². The average molecular weight is 221 g/mol. The summed E-state index contributed by atoms with van der Waals surface area (Å²) in [6, 6.07) is 3.70. The van der Waals surface area contributed by atoms with Crippen molar-refractivity contribution >= 4 is 5.69 Å². The predicted molar refractivity (Wildman–Crippen MR) is 66.3 cm³/mol. The van der Waals surface area contributed by atoms with Crippen LogP contribution in [0.15, 0.2) is 12.1 Å². The van der Waals surface area contributed by atoms with E-state index in [1.165, 1.54) is 0 Å². The Labute approximate surface area is 97.1 Å². The normalized spacial score (nSPS) is 20.2. The second-order valence-electron chi connectivity index (χ2n) is 5.93. The molecule has 0 saturated heterocycles. The summed E-state index contributed by atoms with van der Waals surface area (Å²) in [4.78, 5) is 0. The van der Waals surface area contributed by atoms with Crippen molar-refractivity contribution in [3.63, 3.8) is 0 Å². The fraction of sp³-hybridized carbons (Fsp3) is 0.571. The van der Waals surface area contributed by atoms with Gasteiger partial charge < -0.3 is 5.32 Å². The number of hydrogen-bond acceptors (Lipinski definition) is 1. The molecule has 0 aliphatic carbocycles. The molecule has 16 heavy (non-hydrogen) atoms. The van der Waals surface area contributed by atoms with Crippen LogP contribution in [0.4, 0.5) is 10.1 Å². The Balaban J connectivity index is 2.34. The number of aryl methyl sites for hydroxylation is 1. The van der Waals surface area contributed by atoms with E-state index < -0.39 is 0 Å². The lowest BCUT2D eigenvalue weighted by atomic mass is 9.75. The number of fused-ring (bicyclic) bond motifs is 1. The largest absolute Gasteiger partial charge is 0.382 e. The van der Waals surface area contributed by atoms with Gasteiger partial charge in [-0.05, 0) is 41.9 Å². The molecule has 2 rings (SSSR count). The third kappa shape index (κ3) is 2.06. The van der Waals surface area contributed by atoms with Gasteiger partial charge in [0.2, 0.25) is 0 Å². The summed E-state index contributed by atoms with van der Waals surface area (Å²) in [5.74, 6) is 0.462. The van der Waals surface area contributed by atoms with E-state index in [2.05, 4.69) is 32.2 Å². The van der Waals surface area contributed by atoms with E-state index in [1.54, 1.807) is 6.07 Å². The maximum absolute atomic E-state index is 13.7. The van der Waals surface area contributed by atoms with Crippen LogP contribution in [0, 0.1) is 24.1 Å². The summed E-state index contributed by atoms with van der Waals surface area (Å²) in [5, 5.41) is 3.24. The number of benzene rings is 1. The van der Waals surface area contributed by atoms with Gasteiger partial charge in [-0.15, -0.1) is 0 Å². The smallest absolute Gasteiger partial charge is 0.146 e. The van der Waals surface area contributed by atoms with Gasteiger partial charge in [0.1, 0.15) is 5.82 Å². The lowest BCUT2D eigenvalue weighted by molar-refractivity contribution is 0.246. The van der Waals surface area contributed by atoms with Gasteiger partial charge >= 0.3 is 0 Å². The van der Waals surface area contributed by atoms with Crippen LogP contribution in [0.3, 0.4) is 0 Å². The lowest BCUT2D eigenvalue weighted by Crippen LogP contribution is -2.33. The number of rotatable bonds is 0. The molecule has 0 amide bonds. The highest BCUT2D eigenvalue weighted by Crippen LogP contribution is 2.36. The van der Waals surface area contributed by atoms with Crippen molar-refractivity contribution in [2.24, 2.45) is 11.3 Å². The van der Waals surface area contributed by atoms with Crippen LogP contribution >= 0.6 is 0 Å². The zero-order chi connectivity index (χ0) is 11.9. The molecule has 0 bridgehead atoms. The quantitative estimate of drug-likeness (QED) is 0.703. The van der Waals surface area contributed by atoms with Crippen LogP contribution in [-0.2, 0) is 6.42 Å². The Kier molecular flexibility index (Phi) is 2.69. The minimum atomic E-state index is -0.109. The predicted octanol–water partition coefficient (Wildman–Crippen LogP) is 3.76. The molecule has 0 saturated carbocycles. The SMILES string of the molecule is Cc1cc(F)c2c(c1)CC(C(C)(C)C)CN2. The van der Waals surface area contributed by atoms with Crippen LogP contribution in [0.1, 0.15) is 31.9 Å². The number of halogens is 1. The molecule has 1 N–H and O–H groups in total. The van der Waals surface area contributed by atoms with Crippen molar-refractivity contribution in [3.05, 3.63) is 29.1 Å². The van der Waals surface area contributed by atoms with Gasteiger partial charge in [-0.2, -0.15) is 0 Å². The van der Waals surface area contributed by atoms with E-state index in [-0.39, 0.29) is 11.2 Å². The second-order valence-corrected chi connectivity index (χ2v) is 5.93. The molecule has 0 spiro atoms. The highest BCUT2D eigenvalue weighted by atomic mass is 19.1. The maximum atomic E-state index is 13.7. The molecule has 1 aromatic rings. The molecule has 1 unspecified atom stereocenters. The minimum absolute atomic E-state index is 0.109. The molecule has 1 atom stereocenters. The molecule has 1 aliphatic heterocycles.